The van der Waals surface area contributed by atoms with Crippen LogP contribution in [0, 0.1) is 5.41 Å². The molecule has 3 N–H and O–H groups in total. The van der Waals surface area contributed by atoms with Crippen molar-refractivity contribution >= 4 is 23.0 Å². The summed E-state index contributed by atoms with van der Waals surface area (Å²) >= 11 is 0. The van der Waals surface area contributed by atoms with Gasteiger partial charge in [-0.2, -0.15) is 10.8 Å². The first-order valence-corrected chi connectivity index (χ1v) is 10.8. The number of pyridine rings is 1. The van der Waals surface area contributed by atoms with Crippen molar-refractivity contribution in [1.82, 2.24) is 4.98 Å². The van der Waals surface area contributed by atoms with Crippen LogP contribution in [-0.2, 0) is 0 Å². The summed E-state index contributed by atoms with van der Waals surface area (Å²) in [6.07, 6.45) is 6.45. The number of fused-ring (bicyclic) bond motifs is 2. The van der Waals surface area contributed by atoms with E-state index in [4.69, 9.17) is 15.8 Å². The number of quaternary nitrogens is 1. The molecule has 1 unspecified atom stereocenters. The number of nitrogens with two attached hydrogens (primary N) is 1. The van der Waals surface area contributed by atoms with Gasteiger partial charge in [0.25, 0.3) is 5.84 Å². The molecule has 6 rings (SSSR count). The summed E-state index contributed by atoms with van der Waals surface area (Å²) in [4.78, 5) is 14.3. The Balaban J connectivity index is 1.46. The van der Waals surface area contributed by atoms with Crippen molar-refractivity contribution in [2.24, 2.45) is 21.2 Å². The highest BCUT2D eigenvalue weighted by Gasteiger charge is 2.53. The van der Waals surface area contributed by atoms with Gasteiger partial charge in [0.1, 0.15) is 11.9 Å². The molecule has 1 fully saturated rings. The fraction of sp³-hybridized carbons (Fsp3) is 0.192. The number of amidine groups is 1. The van der Waals surface area contributed by atoms with E-state index < -0.39 is 0 Å². The van der Waals surface area contributed by atoms with Gasteiger partial charge in [0, 0.05) is 16.4 Å². The van der Waals surface area contributed by atoms with Crippen molar-refractivity contribution < 1.29 is 9.70 Å². The average Bonchev–Trinajstić information content (AvgIpc) is 3.11. The highest BCUT2D eigenvalue weighted by atomic mass is 16.3. The van der Waals surface area contributed by atoms with Crippen LogP contribution in [0.5, 0.6) is 0 Å². The maximum atomic E-state index is 9.96. The number of hydrogen-bond donors (Lipinski definition) is 2. The third-order valence-electron chi connectivity index (χ3n) is 6.76. The predicted octanol–water partition coefficient (Wildman–Crippen LogP) is 4.28. The van der Waals surface area contributed by atoms with E-state index in [-0.39, 0.29) is 16.1 Å². The Labute approximate surface area is 186 Å². The molecule has 32 heavy (non-hydrogen) atoms. The molecule has 2 aromatic carbocycles. The minimum atomic E-state index is -0.288. The molecular weight excluding hydrogens is 398 g/mol. The summed E-state index contributed by atoms with van der Waals surface area (Å²) in [7, 11) is 0. The lowest BCUT2D eigenvalue weighted by Crippen LogP contribution is -2.53. The molecule has 0 saturated heterocycles. The van der Waals surface area contributed by atoms with E-state index >= 15 is 0 Å². The van der Waals surface area contributed by atoms with Gasteiger partial charge in [-0.1, -0.05) is 49.4 Å². The maximum absolute atomic E-state index is 9.96. The second-order valence-corrected chi connectivity index (χ2v) is 9.12. The zero-order valence-corrected chi connectivity index (χ0v) is 17.8. The van der Waals surface area contributed by atoms with Crippen molar-refractivity contribution in [3.8, 4) is 11.3 Å². The molecule has 0 radical (unpaired) electrons. The lowest BCUT2D eigenvalue weighted by Gasteiger charge is -2.42. The van der Waals surface area contributed by atoms with Crippen LogP contribution in [0.2, 0.25) is 0 Å². The summed E-state index contributed by atoms with van der Waals surface area (Å²) in [6.45, 7) is 2.14. The van der Waals surface area contributed by atoms with Crippen LogP contribution >= 0.6 is 0 Å². The number of aliphatic hydroxyl groups excluding tert-OH is 1. The molecule has 6 nitrogen and oxygen atoms in total. The summed E-state index contributed by atoms with van der Waals surface area (Å²) in [5.74, 6) is 7.64. The standard InChI is InChI=1S/C26H24N5O/c1-26(14-20(32)15-26)24-23-16-28-11-12-31(23,27)25(30-24)19-8-7-18-9-10-21(29-22(18)13-19)17-5-3-2-4-6-17/h2-13,16,20,32H,14-15,27H2,1H3/q+1. The summed E-state index contributed by atoms with van der Waals surface area (Å²) in [5.41, 5.74) is 5.41. The van der Waals surface area contributed by atoms with Gasteiger partial charge >= 0.3 is 0 Å². The van der Waals surface area contributed by atoms with Crippen LogP contribution in [0.25, 0.3) is 22.2 Å². The van der Waals surface area contributed by atoms with Gasteiger partial charge in [0.2, 0.25) is 5.70 Å². The monoisotopic (exact) mass is 422 g/mol. The van der Waals surface area contributed by atoms with Crippen LogP contribution in [0.1, 0.15) is 25.3 Å². The number of aliphatic hydroxyl groups is 1. The second kappa shape index (κ2) is 6.77. The SMILES string of the molecule is CC1(C2=C3C=NC=C[N+]3(N)C(c3ccc4ccc(-c5ccccc5)nc4c3)=N2)CC(O)C1. The van der Waals surface area contributed by atoms with Gasteiger partial charge in [-0.25, -0.2) is 4.98 Å². The van der Waals surface area contributed by atoms with E-state index in [1.807, 2.05) is 30.5 Å². The van der Waals surface area contributed by atoms with Crippen molar-refractivity contribution in [2.45, 2.75) is 25.9 Å². The van der Waals surface area contributed by atoms with Crippen molar-refractivity contribution in [2.75, 3.05) is 0 Å². The average molecular weight is 423 g/mol. The van der Waals surface area contributed by atoms with E-state index in [0.717, 1.165) is 45.0 Å². The molecule has 158 valence electrons. The zero-order valence-electron chi connectivity index (χ0n) is 17.8. The lowest BCUT2D eigenvalue weighted by atomic mass is 9.66. The topological polar surface area (TPSA) is 83.9 Å². The molecule has 0 bridgehead atoms. The lowest BCUT2D eigenvalue weighted by molar-refractivity contribution is -0.750. The minimum Gasteiger partial charge on any atom is -0.393 e. The van der Waals surface area contributed by atoms with Gasteiger partial charge in [0.05, 0.1) is 35.3 Å². The van der Waals surface area contributed by atoms with Crippen LogP contribution < -0.4 is 5.84 Å². The van der Waals surface area contributed by atoms with Crippen molar-refractivity contribution in [3.05, 3.63) is 90.0 Å². The van der Waals surface area contributed by atoms with Crippen LogP contribution in [0.4, 0.5) is 0 Å². The Morgan fingerprint density at radius 1 is 1.03 bits per heavy atom. The van der Waals surface area contributed by atoms with Crippen molar-refractivity contribution in [3.63, 3.8) is 0 Å². The Morgan fingerprint density at radius 2 is 1.81 bits per heavy atom. The van der Waals surface area contributed by atoms with Gasteiger partial charge in [-0.15, -0.1) is 4.59 Å². The normalized spacial score (nSPS) is 28.6. The quantitative estimate of drug-likeness (QED) is 0.488. The number of rotatable bonds is 3. The van der Waals surface area contributed by atoms with Crippen molar-refractivity contribution in [1.29, 1.82) is 0 Å². The smallest absolute Gasteiger partial charge is 0.264 e. The molecule has 6 heteroatoms. The molecule has 1 atom stereocenters. The third-order valence-corrected chi connectivity index (χ3v) is 6.76. The Kier molecular flexibility index (Phi) is 4.07. The Hall–Kier alpha value is -3.45. The highest BCUT2D eigenvalue weighted by molar-refractivity contribution is 6.02. The fourth-order valence-electron chi connectivity index (χ4n) is 5.02. The largest absolute Gasteiger partial charge is 0.393 e. The summed E-state index contributed by atoms with van der Waals surface area (Å²) in [5, 5.41) is 11.0. The highest BCUT2D eigenvalue weighted by Crippen LogP contribution is 2.51. The number of benzene rings is 2. The molecule has 0 spiro atoms. The number of allylic oxidation sites excluding steroid dienone is 2. The minimum absolute atomic E-state index is 0.0194. The first-order chi connectivity index (χ1) is 15.5. The summed E-state index contributed by atoms with van der Waals surface area (Å²) in [6, 6.07) is 20.5. The third kappa shape index (κ3) is 2.81. The van der Waals surface area contributed by atoms with E-state index in [9.17, 15) is 5.11 Å². The van der Waals surface area contributed by atoms with Gasteiger partial charge in [-0.3, -0.25) is 4.99 Å². The van der Waals surface area contributed by atoms with E-state index in [1.165, 1.54) is 0 Å². The molecule has 3 heterocycles. The number of aliphatic imine (C=N–C) groups is 2. The van der Waals surface area contributed by atoms with E-state index in [2.05, 4.69) is 48.3 Å². The molecule has 1 aromatic heterocycles. The number of aromatic nitrogens is 1. The Bertz CT molecular complexity index is 1370. The molecule has 1 saturated carbocycles. The van der Waals surface area contributed by atoms with E-state index in [1.54, 1.807) is 12.4 Å². The molecule has 3 aliphatic rings. The molecule has 0 amide bonds. The molecule has 3 aromatic rings. The van der Waals surface area contributed by atoms with Gasteiger partial charge in [0.15, 0.2) is 0 Å². The van der Waals surface area contributed by atoms with Gasteiger partial charge in [-0.05, 0) is 31.0 Å². The Morgan fingerprint density at radius 3 is 2.59 bits per heavy atom. The fourth-order valence-corrected chi connectivity index (χ4v) is 5.02. The predicted molar refractivity (Wildman–Crippen MR) is 126 cm³/mol. The first-order valence-electron chi connectivity index (χ1n) is 10.8. The number of hydrogen-bond acceptors (Lipinski definition) is 5. The second-order valence-electron chi connectivity index (χ2n) is 9.12. The van der Waals surface area contributed by atoms with E-state index in [0.29, 0.717) is 12.8 Å². The van der Waals surface area contributed by atoms with Gasteiger partial charge < -0.3 is 5.11 Å². The van der Waals surface area contributed by atoms with Crippen LogP contribution in [-0.4, -0.2) is 32.8 Å². The number of nitrogens with zero attached hydrogens (tertiary/aromatic N) is 4. The molecule has 1 aliphatic carbocycles. The molecule has 2 aliphatic heterocycles. The molecular formula is C26H24N5O+. The summed E-state index contributed by atoms with van der Waals surface area (Å²) < 4.78 is -0.0194. The first kappa shape index (κ1) is 19.3. The van der Waals surface area contributed by atoms with Crippen LogP contribution in [0.15, 0.2) is 94.4 Å². The zero-order chi connectivity index (χ0) is 21.9. The maximum Gasteiger partial charge on any atom is 0.264 e. The van der Waals surface area contributed by atoms with Crippen LogP contribution in [0.3, 0.4) is 0 Å².